The van der Waals surface area contributed by atoms with Gasteiger partial charge in [0.15, 0.2) is 0 Å². The summed E-state index contributed by atoms with van der Waals surface area (Å²) >= 11 is 0. The molecule has 0 bridgehead atoms. The van der Waals surface area contributed by atoms with Crippen molar-refractivity contribution in [1.82, 2.24) is 0 Å². The van der Waals surface area contributed by atoms with Crippen LogP contribution in [0.3, 0.4) is 0 Å². The van der Waals surface area contributed by atoms with E-state index in [-0.39, 0.29) is 0 Å². The second-order valence-corrected chi connectivity index (χ2v) is 1.57. The lowest BCUT2D eigenvalue weighted by atomic mass is 10.8. The van der Waals surface area contributed by atoms with Crippen LogP contribution in [0, 0.1) is 0 Å². The van der Waals surface area contributed by atoms with Crippen molar-refractivity contribution < 1.29 is 23.0 Å². The van der Waals surface area contributed by atoms with Crippen molar-refractivity contribution in [2.45, 2.75) is 26.6 Å². The SMILES string of the molecule is C[C@H](F)OC(=O)O[C@H](C)F. The van der Waals surface area contributed by atoms with Crippen molar-refractivity contribution in [2.24, 2.45) is 0 Å². The maximum absolute atomic E-state index is 11.8. The van der Waals surface area contributed by atoms with Gasteiger partial charge in [0.2, 0.25) is 12.7 Å². The average molecular weight is 154 g/mol. The lowest BCUT2D eigenvalue weighted by Gasteiger charge is -2.05. The van der Waals surface area contributed by atoms with Gasteiger partial charge in [-0.2, -0.15) is 0 Å². The molecule has 0 spiro atoms. The highest BCUT2D eigenvalue weighted by molar-refractivity contribution is 5.59. The molecule has 0 aromatic carbocycles. The number of rotatable bonds is 2. The molecule has 0 rings (SSSR count). The van der Waals surface area contributed by atoms with E-state index in [2.05, 4.69) is 9.47 Å². The van der Waals surface area contributed by atoms with E-state index in [0.717, 1.165) is 13.8 Å². The highest BCUT2D eigenvalue weighted by Crippen LogP contribution is 1.98. The third-order valence-electron chi connectivity index (χ3n) is 0.517. The Morgan fingerprint density at radius 1 is 1.20 bits per heavy atom. The van der Waals surface area contributed by atoms with Crippen molar-refractivity contribution in [3.8, 4) is 0 Å². The molecule has 2 atom stereocenters. The van der Waals surface area contributed by atoms with Crippen molar-refractivity contribution in [3.05, 3.63) is 0 Å². The van der Waals surface area contributed by atoms with Crippen LogP contribution in [-0.2, 0) is 9.47 Å². The molecule has 5 heteroatoms. The third kappa shape index (κ3) is 5.27. The number of ether oxygens (including phenoxy) is 2. The number of carbonyl (C=O) groups excluding carboxylic acids is 1. The highest BCUT2D eigenvalue weighted by atomic mass is 19.2. The summed E-state index contributed by atoms with van der Waals surface area (Å²) < 4.78 is 31.1. The number of carbonyl (C=O) groups is 1. The Bertz CT molecular complexity index is 101. The molecule has 0 aromatic rings. The smallest absolute Gasteiger partial charge is 0.400 e. The molecule has 0 fully saturated rings. The minimum absolute atomic E-state index is 0.990. The van der Waals surface area contributed by atoms with E-state index in [1.165, 1.54) is 0 Å². The second-order valence-electron chi connectivity index (χ2n) is 1.57. The van der Waals surface area contributed by atoms with E-state index in [9.17, 15) is 13.6 Å². The zero-order chi connectivity index (χ0) is 8.15. The molecule has 0 amide bonds. The first-order valence-corrected chi connectivity index (χ1v) is 2.67. The third-order valence-corrected chi connectivity index (χ3v) is 0.517. The minimum Gasteiger partial charge on any atom is -0.400 e. The molecule has 60 valence electrons. The molecule has 0 unspecified atom stereocenters. The maximum Gasteiger partial charge on any atom is 0.513 e. The molecule has 0 aliphatic rings. The zero-order valence-electron chi connectivity index (χ0n) is 5.64. The molecule has 0 saturated carbocycles. The monoisotopic (exact) mass is 154 g/mol. The quantitative estimate of drug-likeness (QED) is 0.568. The van der Waals surface area contributed by atoms with Gasteiger partial charge in [-0.1, -0.05) is 0 Å². The van der Waals surface area contributed by atoms with E-state index < -0.39 is 18.9 Å². The van der Waals surface area contributed by atoms with E-state index >= 15 is 0 Å². The van der Waals surface area contributed by atoms with Crippen LogP contribution in [0.2, 0.25) is 0 Å². The summed E-state index contributed by atoms with van der Waals surface area (Å²) in [6.45, 7) is 1.98. The van der Waals surface area contributed by atoms with Crippen LogP contribution in [-0.4, -0.2) is 18.9 Å². The van der Waals surface area contributed by atoms with Crippen molar-refractivity contribution in [2.75, 3.05) is 0 Å². The van der Waals surface area contributed by atoms with Crippen LogP contribution < -0.4 is 0 Å². The van der Waals surface area contributed by atoms with Gasteiger partial charge in [-0.25, -0.2) is 13.6 Å². The molecule has 0 aromatic heterocycles. The summed E-state index contributed by atoms with van der Waals surface area (Å²) in [4.78, 5) is 10.1. The lowest BCUT2D eigenvalue weighted by molar-refractivity contribution is -0.0615. The first kappa shape index (κ1) is 9.13. The van der Waals surface area contributed by atoms with E-state index in [1.807, 2.05) is 0 Å². The second kappa shape index (κ2) is 4.03. The van der Waals surface area contributed by atoms with Crippen LogP contribution in [0.4, 0.5) is 13.6 Å². The summed E-state index contributed by atoms with van der Waals surface area (Å²) in [5, 5.41) is 0. The number of halogens is 2. The van der Waals surface area contributed by atoms with Crippen LogP contribution in [0.25, 0.3) is 0 Å². The Hall–Kier alpha value is -0.870. The Labute approximate surface area is 56.9 Å². The van der Waals surface area contributed by atoms with Crippen molar-refractivity contribution in [1.29, 1.82) is 0 Å². The fourth-order valence-corrected chi connectivity index (χ4v) is 0.293. The predicted octanol–water partition coefficient (Wildman–Crippen LogP) is 1.77. The average Bonchev–Trinajstić information content (AvgIpc) is 1.58. The van der Waals surface area contributed by atoms with Crippen LogP contribution >= 0.6 is 0 Å². The van der Waals surface area contributed by atoms with E-state index in [1.54, 1.807) is 0 Å². The van der Waals surface area contributed by atoms with Gasteiger partial charge in [0.05, 0.1) is 0 Å². The molecule has 0 aliphatic heterocycles. The Balaban J connectivity index is 3.44. The molecule has 0 heterocycles. The molecular formula is C5H8F2O3. The van der Waals surface area contributed by atoms with Gasteiger partial charge < -0.3 is 9.47 Å². The zero-order valence-corrected chi connectivity index (χ0v) is 5.64. The summed E-state index contributed by atoms with van der Waals surface area (Å²) in [5.74, 6) is 0. The van der Waals surface area contributed by atoms with Crippen molar-refractivity contribution >= 4 is 6.16 Å². The Kier molecular flexibility index (Phi) is 3.68. The minimum atomic E-state index is -1.77. The molecule has 0 N–H and O–H groups in total. The number of alkyl halides is 2. The van der Waals surface area contributed by atoms with E-state index in [0.29, 0.717) is 0 Å². The van der Waals surface area contributed by atoms with Gasteiger partial charge in [0.25, 0.3) is 0 Å². The number of hydrogen-bond acceptors (Lipinski definition) is 3. The van der Waals surface area contributed by atoms with Gasteiger partial charge in [0.1, 0.15) is 0 Å². The fourth-order valence-electron chi connectivity index (χ4n) is 0.293. The van der Waals surface area contributed by atoms with Crippen LogP contribution in [0.1, 0.15) is 13.8 Å². The van der Waals surface area contributed by atoms with Crippen LogP contribution in [0.15, 0.2) is 0 Å². The van der Waals surface area contributed by atoms with Crippen LogP contribution in [0.5, 0.6) is 0 Å². The lowest BCUT2D eigenvalue weighted by Crippen LogP contribution is -2.15. The van der Waals surface area contributed by atoms with Gasteiger partial charge in [-0.15, -0.1) is 0 Å². The van der Waals surface area contributed by atoms with E-state index in [4.69, 9.17) is 0 Å². The molecular weight excluding hydrogens is 146 g/mol. The standard InChI is InChI=1S/C5H8F2O3/c1-3(6)9-5(8)10-4(2)7/h3-4H,1-2H3/t3-,4-/m1/s1. The molecule has 10 heavy (non-hydrogen) atoms. The Morgan fingerprint density at radius 2 is 1.50 bits per heavy atom. The summed E-state index contributed by atoms with van der Waals surface area (Å²) in [5.41, 5.74) is 0. The predicted molar refractivity (Wildman–Crippen MR) is 28.7 cm³/mol. The first-order chi connectivity index (χ1) is 4.52. The topological polar surface area (TPSA) is 35.5 Å². The summed E-state index contributed by atoms with van der Waals surface area (Å²) in [6.07, 6.45) is -4.89. The summed E-state index contributed by atoms with van der Waals surface area (Å²) in [6, 6.07) is 0. The van der Waals surface area contributed by atoms with Gasteiger partial charge in [-0.05, 0) is 0 Å². The summed E-state index contributed by atoms with van der Waals surface area (Å²) in [7, 11) is 0. The highest BCUT2D eigenvalue weighted by Gasteiger charge is 2.11. The molecule has 0 saturated heterocycles. The Morgan fingerprint density at radius 3 is 1.70 bits per heavy atom. The number of hydrogen-bond donors (Lipinski definition) is 0. The van der Waals surface area contributed by atoms with Gasteiger partial charge in [0, 0.05) is 13.8 Å². The molecule has 3 nitrogen and oxygen atoms in total. The van der Waals surface area contributed by atoms with Gasteiger partial charge >= 0.3 is 6.16 Å². The first-order valence-electron chi connectivity index (χ1n) is 2.67. The fraction of sp³-hybridized carbons (Fsp3) is 0.800. The molecule has 0 aliphatic carbocycles. The molecule has 0 radical (unpaired) electrons. The normalized spacial score (nSPS) is 15.6. The van der Waals surface area contributed by atoms with Crippen molar-refractivity contribution in [3.63, 3.8) is 0 Å². The maximum atomic E-state index is 11.8. The van der Waals surface area contributed by atoms with Gasteiger partial charge in [-0.3, -0.25) is 0 Å². The largest absolute Gasteiger partial charge is 0.513 e.